The van der Waals surface area contributed by atoms with E-state index in [1.165, 1.54) is 6.07 Å². The van der Waals surface area contributed by atoms with E-state index in [4.69, 9.17) is 0 Å². The Morgan fingerprint density at radius 2 is 2.04 bits per heavy atom. The van der Waals surface area contributed by atoms with Crippen LogP contribution in [0.4, 0.5) is 15.9 Å². The van der Waals surface area contributed by atoms with Gasteiger partial charge >= 0.3 is 0 Å². The van der Waals surface area contributed by atoms with E-state index in [9.17, 15) is 9.50 Å². The molecule has 1 fully saturated rings. The van der Waals surface area contributed by atoms with Crippen LogP contribution in [0.1, 0.15) is 37.2 Å². The van der Waals surface area contributed by atoms with Gasteiger partial charge in [0.1, 0.15) is 17.5 Å². The molecule has 1 aromatic carbocycles. The summed E-state index contributed by atoms with van der Waals surface area (Å²) in [6.45, 7) is 5.38. The van der Waals surface area contributed by atoms with E-state index in [0.29, 0.717) is 5.82 Å². The van der Waals surface area contributed by atoms with E-state index in [-0.39, 0.29) is 18.0 Å². The Balaban J connectivity index is 1.84. The number of nitrogens with zero attached hydrogens (tertiary/aromatic N) is 3. The Labute approximate surface area is 141 Å². The summed E-state index contributed by atoms with van der Waals surface area (Å²) in [6, 6.07) is 6.60. The summed E-state index contributed by atoms with van der Waals surface area (Å²) in [4.78, 5) is 10.7. The third-order valence-electron chi connectivity index (χ3n) is 4.40. The molecule has 1 aromatic heterocycles. The molecule has 6 heteroatoms. The molecule has 2 aromatic rings. The zero-order valence-electron chi connectivity index (χ0n) is 14.0. The highest BCUT2D eigenvalue weighted by molar-refractivity contribution is 5.57. The number of aliphatic hydroxyl groups is 1. The summed E-state index contributed by atoms with van der Waals surface area (Å²) in [5.41, 5.74) is 1.90. The van der Waals surface area contributed by atoms with Crippen LogP contribution in [0.15, 0.2) is 30.5 Å². The number of nitrogens with one attached hydrogen (secondary N) is 1. The van der Waals surface area contributed by atoms with Crippen LogP contribution < -0.4 is 10.2 Å². The van der Waals surface area contributed by atoms with Crippen LogP contribution in [0.2, 0.25) is 0 Å². The molecule has 0 bridgehead atoms. The van der Waals surface area contributed by atoms with Gasteiger partial charge in [0.2, 0.25) is 0 Å². The van der Waals surface area contributed by atoms with E-state index in [1.807, 2.05) is 19.9 Å². The summed E-state index contributed by atoms with van der Waals surface area (Å²) in [7, 11) is 0. The maximum Gasteiger partial charge on any atom is 0.130 e. The molecular weight excluding hydrogens is 307 g/mol. The number of aromatic nitrogens is 2. The second-order valence-corrected chi connectivity index (χ2v) is 6.28. The number of aryl methyl sites for hydroxylation is 1. The molecule has 1 atom stereocenters. The van der Waals surface area contributed by atoms with Gasteiger partial charge in [-0.15, -0.1) is 0 Å². The minimum atomic E-state index is -0.252. The average molecular weight is 330 g/mol. The van der Waals surface area contributed by atoms with E-state index in [2.05, 4.69) is 20.2 Å². The third-order valence-corrected chi connectivity index (χ3v) is 4.40. The first-order chi connectivity index (χ1) is 11.5. The molecule has 0 aliphatic carbocycles. The van der Waals surface area contributed by atoms with Crippen molar-refractivity contribution in [3.8, 4) is 0 Å². The van der Waals surface area contributed by atoms with Crippen LogP contribution in [0.3, 0.4) is 0 Å². The number of aliphatic hydroxyl groups excluding tert-OH is 1. The SMILES string of the molecule is Cc1nccc(NC(C)c2cc(F)ccc2N2CCC(O)CC2)n1. The highest BCUT2D eigenvalue weighted by atomic mass is 19.1. The number of rotatable bonds is 4. The monoisotopic (exact) mass is 330 g/mol. The molecule has 0 spiro atoms. The van der Waals surface area contributed by atoms with Gasteiger partial charge in [0.15, 0.2) is 0 Å². The predicted molar refractivity (Wildman–Crippen MR) is 92.7 cm³/mol. The van der Waals surface area contributed by atoms with Gasteiger partial charge in [-0.3, -0.25) is 0 Å². The second kappa shape index (κ2) is 7.13. The summed E-state index contributed by atoms with van der Waals surface area (Å²) in [5.74, 6) is 1.16. The summed E-state index contributed by atoms with van der Waals surface area (Å²) in [5, 5.41) is 13.0. The molecule has 2 N–H and O–H groups in total. The Bertz CT molecular complexity index is 701. The standard InChI is InChI=1S/C18H23FN4O/c1-12(21-18-5-8-20-13(2)22-18)16-11-14(19)3-4-17(16)23-9-6-15(24)7-10-23/h3-5,8,11-12,15,24H,6-7,9-10H2,1-2H3,(H,20,21,22). The Hall–Kier alpha value is -2.21. The molecule has 0 radical (unpaired) electrons. The molecule has 2 heterocycles. The van der Waals surface area contributed by atoms with Gasteiger partial charge in [-0.2, -0.15) is 0 Å². The number of piperidine rings is 1. The second-order valence-electron chi connectivity index (χ2n) is 6.28. The van der Waals surface area contributed by atoms with Crippen molar-refractivity contribution >= 4 is 11.5 Å². The Morgan fingerprint density at radius 3 is 2.75 bits per heavy atom. The van der Waals surface area contributed by atoms with Gasteiger partial charge in [-0.1, -0.05) is 0 Å². The fourth-order valence-electron chi connectivity index (χ4n) is 3.10. The molecule has 1 aliphatic rings. The minimum absolute atomic E-state index is 0.100. The first-order valence-corrected chi connectivity index (χ1v) is 8.31. The number of hydrogen-bond donors (Lipinski definition) is 2. The zero-order valence-corrected chi connectivity index (χ0v) is 14.0. The molecular formula is C18H23FN4O. The van der Waals surface area contributed by atoms with E-state index in [1.54, 1.807) is 18.3 Å². The lowest BCUT2D eigenvalue weighted by Gasteiger charge is -2.34. The van der Waals surface area contributed by atoms with Gasteiger partial charge in [-0.25, -0.2) is 14.4 Å². The lowest BCUT2D eigenvalue weighted by atomic mass is 10.0. The molecule has 1 unspecified atom stereocenters. The zero-order chi connectivity index (χ0) is 17.1. The van der Waals surface area contributed by atoms with Crippen LogP contribution in [0.25, 0.3) is 0 Å². The largest absolute Gasteiger partial charge is 0.393 e. The molecule has 1 saturated heterocycles. The van der Waals surface area contributed by atoms with Gasteiger partial charge < -0.3 is 15.3 Å². The van der Waals surface area contributed by atoms with E-state index < -0.39 is 0 Å². The van der Waals surface area contributed by atoms with Crippen molar-refractivity contribution in [1.82, 2.24) is 9.97 Å². The topological polar surface area (TPSA) is 61.3 Å². The number of benzene rings is 1. The van der Waals surface area contributed by atoms with Crippen LogP contribution in [-0.2, 0) is 0 Å². The highest BCUT2D eigenvalue weighted by Crippen LogP contribution is 2.31. The lowest BCUT2D eigenvalue weighted by Crippen LogP contribution is -2.36. The molecule has 3 rings (SSSR count). The van der Waals surface area contributed by atoms with Crippen molar-refractivity contribution in [1.29, 1.82) is 0 Å². The number of halogens is 1. The van der Waals surface area contributed by atoms with Crippen LogP contribution in [-0.4, -0.2) is 34.3 Å². The quantitative estimate of drug-likeness (QED) is 0.902. The van der Waals surface area contributed by atoms with Crippen molar-refractivity contribution in [3.05, 3.63) is 47.7 Å². The normalized spacial score (nSPS) is 16.9. The first-order valence-electron chi connectivity index (χ1n) is 8.31. The summed E-state index contributed by atoms with van der Waals surface area (Å²) in [6.07, 6.45) is 2.95. The molecule has 5 nitrogen and oxygen atoms in total. The van der Waals surface area contributed by atoms with Crippen molar-refractivity contribution in [2.24, 2.45) is 0 Å². The fourth-order valence-corrected chi connectivity index (χ4v) is 3.10. The van der Waals surface area contributed by atoms with Crippen molar-refractivity contribution in [2.45, 2.75) is 38.8 Å². The van der Waals surface area contributed by atoms with E-state index in [0.717, 1.165) is 43.0 Å². The Kier molecular flexibility index (Phi) is 4.94. The number of anilines is 2. The molecule has 128 valence electrons. The van der Waals surface area contributed by atoms with E-state index >= 15 is 0 Å². The van der Waals surface area contributed by atoms with Crippen molar-refractivity contribution in [2.75, 3.05) is 23.3 Å². The Morgan fingerprint density at radius 1 is 1.29 bits per heavy atom. The molecule has 24 heavy (non-hydrogen) atoms. The number of hydrogen-bond acceptors (Lipinski definition) is 5. The average Bonchev–Trinajstić information content (AvgIpc) is 2.56. The lowest BCUT2D eigenvalue weighted by molar-refractivity contribution is 0.145. The van der Waals surface area contributed by atoms with Gasteiger partial charge in [-0.05, 0) is 51.0 Å². The molecule has 0 saturated carbocycles. The van der Waals surface area contributed by atoms with Gasteiger partial charge in [0.05, 0.1) is 12.1 Å². The smallest absolute Gasteiger partial charge is 0.130 e. The highest BCUT2D eigenvalue weighted by Gasteiger charge is 2.22. The molecule has 0 amide bonds. The first kappa shape index (κ1) is 16.6. The van der Waals surface area contributed by atoms with Gasteiger partial charge in [0, 0.05) is 30.5 Å². The van der Waals surface area contributed by atoms with Crippen molar-refractivity contribution in [3.63, 3.8) is 0 Å². The van der Waals surface area contributed by atoms with Crippen LogP contribution in [0.5, 0.6) is 0 Å². The maximum atomic E-state index is 13.8. The third kappa shape index (κ3) is 3.82. The molecule has 1 aliphatic heterocycles. The van der Waals surface area contributed by atoms with Crippen LogP contribution in [0, 0.1) is 12.7 Å². The van der Waals surface area contributed by atoms with Gasteiger partial charge in [0.25, 0.3) is 0 Å². The summed E-state index contributed by atoms with van der Waals surface area (Å²) >= 11 is 0. The maximum absolute atomic E-state index is 13.8. The predicted octanol–water partition coefficient (Wildman–Crippen LogP) is 3.06. The minimum Gasteiger partial charge on any atom is -0.393 e. The summed E-state index contributed by atoms with van der Waals surface area (Å²) < 4.78 is 13.8. The van der Waals surface area contributed by atoms with Crippen molar-refractivity contribution < 1.29 is 9.50 Å². The fraction of sp³-hybridized carbons (Fsp3) is 0.444. The van der Waals surface area contributed by atoms with Crippen LogP contribution >= 0.6 is 0 Å².